The molecule has 0 bridgehead atoms. The van der Waals surface area contributed by atoms with Crippen molar-refractivity contribution in [1.29, 1.82) is 0 Å². The number of rotatable bonds is 35. The van der Waals surface area contributed by atoms with Gasteiger partial charge in [0.05, 0.1) is 85.4 Å². The molecule has 21 nitrogen and oxygen atoms in total. The number of carbonyl (C=O) groups is 4. The van der Waals surface area contributed by atoms with Crippen LogP contribution in [0.4, 0.5) is 17.6 Å². The summed E-state index contributed by atoms with van der Waals surface area (Å²) in [7, 11) is 1.60. The van der Waals surface area contributed by atoms with Gasteiger partial charge in [0, 0.05) is 149 Å². The van der Waals surface area contributed by atoms with Crippen molar-refractivity contribution in [2.45, 2.75) is 223 Å². The fourth-order valence-electron chi connectivity index (χ4n) is 16.4. The van der Waals surface area contributed by atoms with Crippen molar-refractivity contribution in [3.8, 4) is 39.1 Å². The van der Waals surface area contributed by atoms with E-state index in [0.29, 0.717) is 12.5 Å². The molecule has 1 aliphatic heterocycles. The van der Waals surface area contributed by atoms with Crippen molar-refractivity contribution < 1.29 is 166 Å². The molecule has 0 unspecified atom stereocenters. The number of hydrogen-bond acceptors (Lipinski definition) is 20. The van der Waals surface area contributed by atoms with Crippen molar-refractivity contribution in [3.63, 3.8) is 0 Å². The summed E-state index contributed by atoms with van der Waals surface area (Å²) in [6.07, 6.45) is 8.36. The Morgan fingerprint density at radius 3 is 1.39 bits per heavy atom. The largest absolute Gasteiger partial charge is 2.00 e. The summed E-state index contributed by atoms with van der Waals surface area (Å²) in [5.74, 6) is -4.59. The number of pyridine rings is 2. The van der Waals surface area contributed by atoms with Gasteiger partial charge in [-0.25, -0.2) is 17.6 Å². The first-order valence-electron chi connectivity index (χ1n) is 43.3. The predicted molar refractivity (Wildman–Crippen MR) is 485 cm³/mol. The number of esters is 1. The molecule has 2 fully saturated rings. The Labute approximate surface area is 836 Å². The van der Waals surface area contributed by atoms with Gasteiger partial charge in [-0.2, -0.15) is 0 Å². The van der Waals surface area contributed by atoms with Crippen LogP contribution < -0.4 is 79.2 Å². The molecule has 0 saturated heterocycles. The quantitative estimate of drug-likeness (QED) is 0.0105. The average Bonchev–Trinajstić information content (AvgIpc) is 1.70. The fraction of sp³-hybridized carbons (Fsp3) is 0.359. The molecule has 3 aromatic heterocycles. The summed E-state index contributed by atoms with van der Waals surface area (Å²) >= 11 is 0. The van der Waals surface area contributed by atoms with Crippen molar-refractivity contribution in [2.75, 3.05) is 13.7 Å². The molecule has 4 heterocycles. The minimum absolute atomic E-state index is 0. The van der Waals surface area contributed by atoms with E-state index in [9.17, 15) is 92.9 Å². The molecule has 28 heteroatoms. The van der Waals surface area contributed by atoms with E-state index in [4.69, 9.17) is 24.2 Å². The van der Waals surface area contributed by atoms with Gasteiger partial charge in [-0.15, -0.1) is 0 Å². The maximum absolute atomic E-state index is 13.7. The fourth-order valence-corrected chi connectivity index (χ4v) is 16.4. The summed E-state index contributed by atoms with van der Waals surface area (Å²) < 4.78 is 73.5. The summed E-state index contributed by atoms with van der Waals surface area (Å²) in [5, 5.41) is 115. The number of aliphatic hydroxyl groups is 8. The Balaban J connectivity index is 0.000000237. The van der Waals surface area contributed by atoms with E-state index in [1.54, 1.807) is 99.0 Å². The maximum atomic E-state index is 13.7. The zero-order chi connectivity index (χ0) is 92.6. The van der Waals surface area contributed by atoms with Crippen LogP contribution in [0.2, 0.25) is 0 Å². The summed E-state index contributed by atoms with van der Waals surface area (Å²) in [5.41, 5.74) is 16.1. The van der Waals surface area contributed by atoms with E-state index < -0.39 is 97.6 Å². The van der Waals surface area contributed by atoms with E-state index in [1.165, 1.54) is 54.6 Å². The first-order chi connectivity index (χ1) is 61.2. The number of benzene rings is 7. The molecular formula is C103H112CaF4N3Na2O18+. The molecule has 8 atom stereocenters. The van der Waals surface area contributed by atoms with Gasteiger partial charge in [0.15, 0.2) is 0 Å². The van der Waals surface area contributed by atoms with Gasteiger partial charge < -0.3 is 89.3 Å². The molecule has 10 aromatic rings. The minimum Gasteiger partial charge on any atom is -0.550 e. The van der Waals surface area contributed by atoms with Gasteiger partial charge in [-0.3, -0.25) is 14.8 Å². The normalized spacial score (nSPS) is 15.3. The van der Waals surface area contributed by atoms with E-state index in [0.717, 1.165) is 161 Å². The molecule has 3 aliphatic rings. The number of nitrogens with zero attached hydrogens (tertiary/aromatic N) is 3. The number of halogens is 4. The second-order valence-electron chi connectivity index (χ2n) is 33.3. The van der Waals surface area contributed by atoms with Crippen molar-refractivity contribution >= 4 is 107 Å². The average molecular weight is 1840 g/mol. The molecule has 2 saturated carbocycles. The van der Waals surface area contributed by atoms with Crippen LogP contribution in [-0.2, 0) is 35.3 Å². The zero-order valence-electron chi connectivity index (χ0n) is 75.7. The number of carboxylic acid groups (broad SMARTS) is 3. The topological polar surface area (TPSA) is 358 Å². The monoisotopic (exact) mass is 1840 g/mol. The van der Waals surface area contributed by atoms with E-state index in [1.807, 2.05) is 92.7 Å². The number of carbonyl (C=O) groups excluding carboxylic acids is 4. The molecule has 7 aromatic carbocycles. The number of para-hydroxylation sites is 3. The van der Waals surface area contributed by atoms with Crippen LogP contribution in [0.25, 0.3) is 79.0 Å². The van der Waals surface area contributed by atoms with Gasteiger partial charge >= 0.3 is 103 Å². The Kier molecular flexibility index (Phi) is 43.9. The van der Waals surface area contributed by atoms with Gasteiger partial charge in [0.25, 0.3) is 0 Å². The van der Waals surface area contributed by atoms with Gasteiger partial charge in [-0.05, 0) is 177 Å². The maximum Gasteiger partial charge on any atom is 2.00 e. The van der Waals surface area contributed by atoms with Gasteiger partial charge in [0.1, 0.15) is 34.6 Å². The number of aliphatic hydroxyl groups excluding tert-OH is 8. The van der Waals surface area contributed by atoms with Gasteiger partial charge in [0.2, 0.25) is 0 Å². The number of aromatic nitrogens is 3. The summed E-state index contributed by atoms with van der Waals surface area (Å²) in [4.78, 5) is 53.4. The molecule has 8 N–H and O–H groups in total. The molecule has 678 valence electrons. The van der Waals surface area contributed by atoms with Crippen LogP contribution >= 0.6 is 0 Å². The smallest absolute Gasteiger partial charge is 0.550 e. The van der Waals surface area contributed by atoms with Crippen molar-refractivity contribution in [2.24, 2.45) is 0 Å². The first-order valence-corrected chi connectivity index (χ1v) is 43.3. The number of ether oxygens (including phenoxy) is 3. The summed E-state index contributed by atoms with van der Waals surface area (Å²) in [6.45, 7) is 14.5. The van der Waals surface area contributed by atoms with Crippen molar-refractivity contribution in [1.82, 2.24) is 14.5 Å². The van der Waals surface area contributed by atoms with E-state index in [2.05, 4.69) is 32.3 Å². The Bertz CT molecular complexity index is 5600. The summed E-state index contributed by atoms with van der Waals surface area (Å²) in [6, 6.07) is 48.8. The standard InChI is InChI=1S/C28H31FO5.C26H34FNO5.C25H24FNO4.C24H26FNO4.Ca.2Na/c1-2-33-26(32)18-22(31)17-21(30)13-14-24-27(19-9-11-20(29)12-10-19)23-7-3-4-8-25(23)34-28(24)15-5-6-16-28;1-15(2)25-21(11-10-19(29)12-20(30)13-23(31)32)24(17-6-8-18(27)9-7-17)22(14-33-5)26(28-25)16(3)4;26-17-9-7-15(8-10-17)24-20-3-1-2-4-22(20)27-25(16-5-6-16)21(24)12-11-18(28)13-19(29)14-23(30)31;1-15(2)26-21-6-4-3-5-20(21)24(16-7-9-17(25)10-8-16)22(26)12-11-18(27)13-19(28)14-23(29)30;;;/h3-4,7-14,21-22,30-31H,2,5-6,15-18H2,1H3;6-11,15-16,19-20,29-30H,12-14H2,1-5H3,(H,31,32);1-4,7-12,16,18-19,28-29H,5-6,13-14H2,(H,30,31);3-12,15,18-19,27-28H,13-14H2,1-2H3,(H,29,30);;;/q;;;;+2;2*+1/p-3/b14-13+;11-10+;2*12-11+;;;/t21-,22-;19-,20-;2*18-,19-;;;/m1111.../s1. The van der Waals surface area contributed by atoms with Crippen LogP contribution in [-0.4, -0.2) is 185 Å². The SMILES string of the molecule is CC(C)n1c(/C=C/[C@@H](O)C[C@@H](O)CC(=O)[O-])c(-c2ccc(F)cc2)c2ccccc21.CCOC(=O)C[C@H](O)C[C@H](O)/C=C/C1=C(c2ccc(F)cc2)c2ccccc2OC12CCCC2.COCc1c(C(C)C)nc(C(C)C)c(/C=C/[C@@H](O)C[C@@H](O)CC(=O)[O-])c1-c1ccc(F)cc1.O=C([O-])C[C@H](O)C[C@H](O)/C=C/c1c(C2CC2)nc2ccccc2c1-c1ccc(F)cc1.[Ca+2].[Na+].[Na+]. The minimum atomic E-state index is -1.38. The molecule has 2 aliphatic carbocycles. The predicted octanol–water partition coefficient (Wildman–Crippen LogP) is 8.60. The molecule has 1 spiro atoms. The van der Waals surface area contributed by atoms with Crippen LogP contribution in [0, 0.1) is 23.3 Å². The van der Waals surface area contributed by atoms with E-state index in [-0.39, 0.29) is 177 Å². The number of aliphatic carboxylic acids is 3. The third kappa shape index (κ3) is 30.8. The number of methoxy groups -OCH3 is 1. The van der Waals surface area contributed by atoms with Gasteiger partial charge in [-0.1, -0.05) is 173 Å². The molecule has 13 rings (SSSR count). The van der Waals surface area contributed by atoms with Crippen molar-refractivity contribution in [3.05, 3.63) is 280 Å². The van der Waals surface area contributed by atoms with Crippen LogP contribution in [0.3, 0.4) is 0 Å². The first kappa shape index (κ1) is 110. The third-order valence-electron chi connectivity index (χ3n) is 22.2. The third-order valence-corrected chi connectivity index (χ3v) is 22.2. The molecule has 131 heavy (non-hydrogen) atoms. The van der Waals surface area contributed by atoms with E-state index >= 15 is 0 Å². The molecular weight excluding hydrogens is 1730 g/mol. The Morgan fingerprint density at radius 2 is 0.924 bits per heavy atom. The second kappa shape index (κ2) is 52.5. The molecule has 0 radical (unpaired) electrons. The second-order valence-corrected chi connectivity index (χ2v) is 33.3. The molecule has 0 amide bonds. The van der Waals surface area contributed by atoms with Crippen LogP contribution in [0.15, 0.2) is 206 Å². The number of fused-ring (bicyclic) bond motifs is 3. The number of carboxylic acids is 3. The van der Waals surface area contributed by atoms with Crippen LogP contribution in [0.5, 0.6) is 5.75 Å². The van der Waals surface area contributed by atoms with Crippen LogP contribution in [0.1, 0.15) is 213 Å². The Hall–Kier alpha value is -8.36. The zero-order valence-corrected chi connectivity index (χ0v) is 82.0. The number of hydrogen-bond donors (Lipinski definition) is 8. The Morgan fingerprint density at radius 1 is 0.504 bits per heavy atom.